The lowest BCUT2D eigenvalue weighted by molar-refractivity contribution is 0.0952. The van der Waals surface area contributed by atoms with Crippen LogP contribution in [0.5, 0.6) is 5.75 Å². The first-order valence-corrected chi connectivity index (χ1v) is 6.39. The molecular formula is C14H16N2O2. The largest absolute Gasteiger partial charge is 0.507 e. The van der Waals surface area contributed by atoms with E-state index in [0.29, 0.717) is 5.92 Å². The maximum atomic E-state index is 11.9. The number of carbonyl (C=O) groups is 1. The maximum absolute atomic E-state index is 11.9. The van der Waals surface area contributed by atoms with E-state index in [1.165, 1.54) is 25.3 Å². The van der Waals surface area contributed by atoms with Crippen LogP contribution < -0.4 is 5.43 Å². The second-order valence-corrected chi connectivity index (χ2v) is 5.14. The summed E-state index contributed by atoms with van der Waals surface area (Å²) < 4.78 is 0. The van der Waals surface area contributed by atoms with Crippen molar-refractivity contribution in [2.24, 2.45) is 16.9 Å². The highest BCUT2D eigenvalue weighted by molar-refractivity contribution is 5.98. The molecule has 0 radical (unpaired) electrons. The standard InChI is InChI=1S/C14H16N2O2/c17-13-4-2-1-3-11(13)14(18)16-15-12-8-9-5-6-10(12)7-9/h1-4,9-10,17H,5-8H2,(H,16,18)/b15-12-/t9-,10-/m1/s1. The van der Waals surface area contributed by atoms with Gasteiger partial charge < -0.3 is 5.11 Å². The molecule has 0 aliphatic heterocycles. The van der Waals surface area contributed by atoms with E-state index in [0.717, 1.165) is 18.1 Å². The number of fused-ring (bicyclic) bond motifs is 2. The number of hydrazone groups is 1. The van der Waals surface area contributed by atoms with Crippen LogP contribution in [0.1, 0.15) is 36.0 Å². The molecule has 1 aromatic carbocycles. The topological polar surface area (TPSA) is 61.7 Å². The summed E-state index contributed by atoms with van der Waals surface area (Å²) in [7, 11) is 0. The Kier molecular flexibility index (Phi) is 2.78. The number of carbonyl (C=O) groups excluding carboxylic acids is 1. The van der Waals surface area contributed by atoms with Gasteiger partial charge in [0.2, 0.25) is 0 Å². The number of hydrogen-bond donors (Lipinski definition) is 2. The fraction of sp³-hybridized carbons (Fsp3) is 0.429. The summed E-state index contributed by atoms with van der Waals surface area (Å²) in [6, 6.07) is 6.50. The Bertz CT molecular complexity index is 510. The second kappa shape index (κ2) is 4.44. The van der Waals surface area contributed by atoms with Crippen molar-refractivity contribution in [3.05, 3.63) is 29.8 Å². The third-order valence-corrected chi connectivity index (χ3v) is 3.96. The average Bonchev–Trinajstić information content (AvgIpc) is 2.98. The summed E-state index contributed by atoms with van der Waals surface area (Å²) in [5.41, 5.74) is 3.94. The first kappa shape index (κ1) is 11.3. The summed E-state index contributed by atoms with van der Waals surface area (Å²) in [6.07, 6.45) is 4.75. The number of phenolic OH excluding ortho intramolecular Hbond substituents is 1. The molecule has 0 aromatic heterocycles. The molecule has 1 amide bonds. The number of nitrogens with one attached hydrogen (secondary N) is 1. The molecule has 1 aromatic rings. The van der Waals surface area contributed by atoms with Crippen LogP contribution in [0.3, 0.4) is 0 Å². The Morgan fingerprint density at radius 3 is 2.83 bits per heavy atom. The van der Waals surface area contributed by atoms with Gasteiger partial charge in [0, 0.05) is 5.71 Å². The number of benzene rings is 1. The van der Waals surface area contributed by atoms with E-state index >= 15 is 0 Å². The minimum absolute atomic E-state index is 0.0110. The van der Waals surface area contributed by atoms with E-state index in [-0.39, 0.29) is 17.2 Å². The van der Waals surface area contributed by atoms with E-state index in [1.807, 2.05) is 0 Å². The Balaban J connectivity index is 1.69. The molecule has 4 heteroatoms. The fourth-order valence-corrected chi connectivity index (χ4v) is 3.01. The van der Waals surface area contributed by atoms with Crippen LogP contribution in [-0.4, -0.2) is 16.7 Å². The number of amides is 1. The van der Waals surface area contributed by atoms with Crippen LogP contribution in [0.4, 0.5) is 0 Å². The van der Waals surface area contributed by atoms with E-state index in [4.69, 9.17) is 0 Å². The van der Waals surface area contributed by atoms with Crippen LogP contribution in [0.25, 0.3) is 0 Å². The fourth-order valence-electron chi connectivity index (χ4n) is 3.01. The van der Waals surface area contributed by atoms with Crippen molar-refractivity contribution in [2.45, 2.75) is 25.7 Å². The molecule has 0 saturated heterocycles. The van der Waals surface area contributed by atoms with Gasteiger partial charge in [-0.2, -0.15) is 5.10 Å². The zero-order valence-corrected chi connectivity index (χ0v) is 10.1. The van der Waals surface area contributed by atoms with Gasteiger partial charge in [0.15, 0.2) is 0 Å². The SMILES string of the molecule is O=C(N/N=C1/C[C@@H]2CC[C@@H]1C2)c1ccccc1O. The molecule has 0 unspecified atom stereocenters. The molecule has 2 aliphatic carbocycles. The lowest BCUT2D eigenvalue weighted by Crippen LogP contribution is -2.21. The van der Waals surface area contributed by atoms with Gasteiger partial charge in [0.1, 0.15) is 5.75 Å². The summed E-state index contributed by atoms with van der Waals surface area (Å²) in [5, 5.41) is 13.8. The zero-order valence-electron chi connectivity index (χ0n) is 10.1. The van der Waals surface area contributed by atoms with E-state index in [2.05, 4.69) is 10.5 Å². The van der Waals surface area contributed by atoms with Gasteiger partial charge in [-0.05, 0) is 49.7 Å². The first-order chi connectivity index (χ1) is 8.74. The highest BCUT2D eigenvalue weighted by Gasteiger charge is 2.36. The van der Waals surface area contributed by atoms with Crippen LogP contribution in [-0.2, 0) is 0 Å². The van der Waals surface area contributed by atoms with Gasteiger partial charge in [-0.25, -0.2) is 5.43 Å². The van der Waals surface area contributed by atoms with E-state index in [9.17, 15) is 9.90 Å². The molecule has 0 heterocycles. The molecule has 2 bridgehead atoms. The normalized spacial score (nSPS) is 27.7. The highest BCUT2D eigenvalue weighted by atomic mass is 16.3. The number of aromatic hydroxyl groups is 1. The van der Waals surface area contributed by atoms with Gasteiger partial charge in [0.05, 0.1) is 5.56 Å². The molecule has 2 atom stereocenters. The first-order valence-electron chi connectivity index (χ1n) is 6.39. The van der Waals surface area contributed by atoms with Crippen molar-refractivity contribution in [2.75, 3.05) is 0 Å². The number of rotatable bonds is 2. The monoisotopic (exact) mass is 244 g/mol. The van der Waals surface area contributed by atoms with Crippen molar-refractivity contribution in [1.29, 1.82) is 0 Å². The van der Waals surface area contributed by atoms with E-state index < -0.39 is 0 Å². The third kappa shape index (κ3) is 1.98. The van der Waals surface area contributed by atoms with Crippen LogP contribution in [0, 0.1) is 11.8 Å². The average molecular weight is 244 g/mol. The Labute approximate surface area is 106 Å². The summed E-state index contributed by atoms with van der Waals surface area (Å²) >= 11 is 0. The molecular weight excluding hydrogens is 228 g/mol. The summed E-state index contributed by atoms with van der Waals surface area (Å²) in [5.74, 6) is 0.988. The minimum atomic E-state index is -0.344. The van der Waals surface area contributed by atoms with Gasteiger partial charge in [-0.1, -0.05) is 12.1 Å². The van der Waals surface area contributed by atoms with Crippen molar-refractivity contribution in [3.63, 3.8) is 0 Å². The summed E-state index contributed by atoms with van der Waals surface area (Å²) in [4.78, 5) is 11.9. The molecule has 4 nitrogen and oxygen atoms in total. The quantitative estimate of drug-likeness (QED) is 0.784. The molecule has 2 N–H and O–H groups in total. The lowest BCUT2D eigenvalue weighted by Gasteiger charge is -2.11. The molecule has 94 valence electrons. The van der Waals surface area contributed by atoms with Crippen molar-refractivity contribution in [1.82, 2.24) is 5.43 Å². The lowest BCUT2D eigenvalue weighted by atomic mass is 9.99. The predicted molar refractivity (Wildman–Crippen MR) is 68.5 cm³/mol. The number of phenols is 1. The minimum Gasteiger partial charge on any atom is -0.507 e. The number of hydrogen-bond acceptors (Lipinski definition) is 3. The van der Waals surface area contributed by atoms with Crippen LogP contribution in [0.15, 0.2) is 29.4 Å². The summed E-state index contributed by atoms with van der Waals surface area (Å²) in [6.45, 7) is 0. The Morgan fingerprint density at radius 1 is 1.33 bits per heavy atom. The van der Waals surface area contributed by atoms with Gasteiger partial charge in [-0.3, -0.25) is 4.79 Å². The Hall–Kier alpha value is -1.84. The Morgan fingerprint density at radius 2 is 2.17 bits per heavy atom. The van der Waals surface area contributed by atoms with Crippen molar-refractivity contribution < 1.29 is 9.90 Å². The van der Waals surface area contributed by atoms with Gasteiger partial charge >= 0.3 is 0 Å². The van der Waals surface area contributed by atoms with E-state index in [1.54, 1.807) is 18.2 Å². The van der Waals surface area contributed by atoms with Crippen LogP contribution >= 0.6 is 0 Å². The van der Waals surface area contributed by atoms with Crippen LogP contribution in [0.2, 0.25) is 0 Å². The van der Waals surface area contributed by atoms with Crippen molar-refractivity contribution >= 4 is 11.6 Å². The number of nitrogens with zero attached hydrogens (tertiary/aromatic N) is 1. The molecule has 0 spiro atoms. The van der Waals surface area contributed by atoms with Gasteiger partial charge in [-0.15, -0.1) is 0 Å². The molecule has 3 rings (SSSR count). The third-order valence-electron chi connectivity index (χ3n) is 3.96. The smallest absolute Gasteiger partial charge is 0.275 e. The second-order valence-electron chi connectivity index (χ2n) is 5.14. The number of para-hydroxylation sites is 1. The molecule has 2 fully saturated rings. The maximum Gasteiger partial charge on any atom is 0.275 e. The molecule has 18 heavy (non-hydrogen) atoms. The highest BCUT2D eigenvalue weighted by Crippen LogP contribution is 2.42. The van der Waals surface area contributed by atoms with Crippen molar-refractivity contribution in [3.8, 4) is 5.75 Å². The van der Waals surface area contributed by atoms with Gasteiger partial charge in [0.25, 0.3) is 5.91 Å². The molecule has 2 saturated carbocycles. The zero-order chi connectivity index (χ0) is 12.5. The molecule has 2 aliphatic rings. The predicted octanol–water partition coefficient (Wildman–Crippen LogP) is 2.30.